The maximum absolute atomic E-state index is 9.15. The molecule has 0 spiro atoms. The Morgan fingerprint density at radius 3 is 1.93 bits per heavy atom. The zero-order chi connectivity index (χ0) is 11.1. The third-order valence-electron chi connectivity index (χ3n) is 1.90. The number of aliphatic hydroxyl groups excluding tert-OH is 2. The van der Waals surface area contributed by atoms with E-state index in [1.54, 1.807) is 13.8 Å². The molecule has 4 heteroatoms. The lowest BCUT2D eigenvalue weighted by molar-refractivity contribution is -0.0776. The van der Waals surface area contributed by atoms with Gasteiger partial charge in [0.1, 0.15) is 0 Å². The van der Waals surface area contributed by atoms with Gasteiger partial charge in [0.05, 0.1) is 37.6 Å². The van der Waals surface area contributed by atoms with Crippen LogP contribution in [0.15, 0.2) is 0 Å². The van der Waals surface area contributed by atoms with Gasteiger partial charge >= 0.3 is 0 Å². The molecule has 0 aliphatic carbocycles. The second-order valence-electron chi connectivity index (χ2n) is 3.77. The predicted octanol–water partition coefficient (Wildman–Crippen LogP) is 0.558. The molecule has 86 valence electrons. The number of hydrogen-bond acceptors (Lipinski definition) is 4. The van der Waals surface area contributed by atoms with Crippen LogP contribution in [0.2, 0.25) is 0 Å². The minimum absolute atomic E-state index is 0.0641. The molecule has 0 rings (SSSR count). The maximum Gasteiger partial charge on any atom is 0.0804 e. The van der Waals surface area contributed by atoms with Crippen LogP contribution in [-0.2, 0) is 9.47 Å². The molecule has 0 amide bonds. The summed E-state index contributed by atoms with van der Waals surface area (Å²) in [7, 11) is 0. The summed E-state index contributed by atoms with van der Waals surface area (Å²) in [5, 5.41) is 18.1. The highest BCUT2D eigenvalue weighted by Crippen LogP contribution is 2.01. The van der Waals surface area contributed by atoms with Gasteiger partial charge in [-0.3, -0.25) is 0 Å². The quantitative estimate of drug-likeness (QED) is 0.639. The molecule has 0 bridgehead atoms. The van der Waals surface area contributed by atoms with Crippen LogP contribution in [0.3, 0.4) is 0 Å². The normalized spacial score (nSPS) is 20.1. The van der Waals surface area contributed by atoms with E-state index in [9.17, 15) is 0 Å². The SMILES string of the molecule is CC(O)COC(C)COC(C)C(C)O. The molecule has 14 heavy (non-hydrogen) atoms. The Hall–Kier alpha value is -0.160. The molecule has 4 atom stereocenters. The van der Waals surface area contributed by atoms with Crippen LogP contribution >= 0.6 is 0 Å². The van der Waals surface area contributed by atoms with Gasteiger partial charge < -0.3 is 19.7 Å². The molecule has 0 saturated heterocycles. The van der Waals surface area contributed by atoms with E-state index in [1.165, 1.54) is 0 Å². The molecule has 0 aromatic heterocycles. The van der Waals surface area contributed by atoms with Crippen LogP contribution in [0.1, 0.15) is 27.7 Å². The van der Waals surface area contributed by atoms with Gasteiger partial charge in [-0.05, 0) is 27.7 Å². The summed E-state index contributed by atoms with van der Waals surface area (Å²) in [6.45, 7) is 7.79. The van der Waals surface area contributed by atoms with Crippen molar-refractivity contribution in [2.45, 2.75) is 52.1 Å². The van der Waals surface area contributed by atoms with Gasteiger partial charge in [-0.15, -0.1) is 0 Å². The van der Waals surface area contributed by atoms with E-state index in [4.69, 9.17) is 19.7 Å². The van der Waals surface area contributed by atoms with Gasteiger partial charge in [-0.1, -0.05) is 0 Å². The topological polar surface area (TPSA) is 58.9 Å². The van der Waals surface area contributed by atoms with Crippen molar-refractivity contribution in [3.63, 3.8) is 0 Å². The molecule has 4 unspecified atom stereocenters. The van der Waals surface area contributed by atoms with Gasteiger partial charge in [0.25, 0.3) is 0 Å². The van der Waals surface area contributed by atoms with Crippen LogP contribution in [0.4, 0.5) is 0 Å². The van der Waals surface area contributed by atoms with Crippen LogP contribution in [0.25, 0.3) is 0 Å². The van der Waals surface area contributed by atoms with Crippen LogP contribution in [0.5, 0.6) is 0 Å². The third kappa shape index (κ3) is 7.26. The zero-order valence-electron chi connectivity index (χ0n) is 9.43. The summed E-state index contributed by atoms with van der Waals surface area (Å²) in [6.07, 6.45) is -1.18. The molecule has 0 fully saturated rings. The Balaban J connectivity index is 3.48. The smallest absolute Gasteiger partial charge is 0.0804 e. The van der Waals surface area contributed by atoms with E-state index in [0.717, 1.165) is 0 Å². The monoisotopic (exact) mass is 206 g/mol. The van der Waals surface area contributed by atoms with Gasteiger partial charge in [0.2, 0.25) is 0 Å². The molecule has 0 aromatic carbocycles. The Kier molecular flexibility index (Phi) is 7.09. The summed E-state index contributed by atoms with van der Waals surface area (Å²) >= 11 is 0. The van der Waals surface area contributed by atoms with Gasteiger partial charge in [-0.25, -0.2) is 0 Å². The van der Waals surface area contributed by atoms with E-state index < -0.39 is 12.2 Å². The van der Waals surface area contributed by atoms with Gasteiger partial charge in [-0.2, -0.15) is 0 Å². The molecule has 0 aliphatic heterocycles. The number of rotatable bonds is 7. The third-order valence-corrected chi connectivity index (χ3v) is 1.90. The summed E-state index contributed by atoms with van der Waals surface area (Å²) in [4.78, 5) is 0. The van der Waals surface area contributed by atoms with Crippen molar-refractivity contribution in [2.24, 2.45) is 0 Å². The standard InChI is InChI=1S/C10H22O4/c1-7(11)5-13-8(2)6-14-10(4)9(3)12/h7-12H,5-6H2,1-4H3. The van der Waals surface area contributed by atoms with Crippen molar-refractivity contribution in [2.75, 3.05) is 13.2 Å². The van der Waals surface area contributed by atoms with Crippen molar-refractivity contribution >= 4 is 0 Å². The summed E-state index contributed by atoms with van der Waals surface area (Å²) in [6, 6.07) is 0. The molecule has 0 saturated carbocycles. The minimum atomic E-state index is -0.473. The Bertz CT molecular complexity index is 136. The fourth-order valence-electron chi connectivity index (χ4n) is 0.778. The first-order chi connectivity index (χ1) is 6.43. The van der Waals surface area contributed by atoms with Gasteiger partial charge in [0.15, 0.2) is 0 Å². The van der Waals surface area contributed by atoms with E-state index >= 15 is 0 Å². The average Bonchev–Trinajstić information content (AvgIpc) is 2.10. The fraction of sp³-hybridized carbons (Fsp3) is 1.00. The van der Waals surface area contributed by atoms with E-state index in [2.05, 4.69) is 0 Å². The maximum atomic E-state index is 9.15. The van der Waals surface area contributed by atoms with Crippen LogP contribution in [-0.4, -0.2) is 47.8 Å². The van der Waals surface area contributed by atoms with Crippen molar-refractivity contribution in [3.8, 4) is 0 Å². The van der Waals surface area contributed by atoms with Crippen LogP contribution in [0, 0.1) is 0 Å². The summed E-state index contributed by atoms with van der Waals surface area (Å²) < 4.78 is 10.6. The highest BCUT2D eigenvalue weighted by Gasteiger charge is 2.11. The molecule has 0 heterocycles. The Labute approximate surface area is 85.8 Å². The minimum Gasteiger partial charge on any atom is -0.391 e. The average molecular weight is 206 g/mol. The van der Waals surface area contributed by atoms with Gasteiger partial charge in [0, 0.05) is 0 Å². The lowest BCUT2D eigenvalue weighted by atomic mass is 10.2. The fourth-order valence-corrected chi connectivity index (χ4v) is 0.778. The van der Waals surface area contributed by atoms with E-state index in [-0.39, 0.29) is 12.2 Å². The lowest BCUT2D eigenvalue weighted by Crippen LogP contribution is -2.28. The van der Waals surface area contributed by atoms with E-state index in [1.807, 2.05) is 13.8 Å². The first-order valence-electron chi connectivity index (χ1n) is 5.02. The molecule has 0 radical (unpaired) electrons. The van der Waals surface area contributed by atoms with Crippen molar-refractivity contribution in [1.29, 1.82) is 0 Å². The molecule has 0 aromatic rings. The number of hydrogen-bond donors (Lipinski definition) is 2. The zero-order valence-corrected chi connectivity index (χ0v) is 9.43. The Morgan fingerprint density at radius 1 is 0.929 bits per heavy atom. The first kappa shape index (κ1) is 13.8. The molecule has 4 nitrogen and oxygen atoms in total. The first-order valence-corrected chi connectivity index (χ1v) is 5.02. The second kappa shape index (κ2) is 7.17. The van der Waals surface area contributed by atoms with Crippen LogP contribution < -0.4 is 0 Å². The molecule has 0 aliphatic rings. The van der Waals surface area contributed by atoms with E-state index in [0.29, 0.717) is 13.2 Å². The number of aliphatic hydroxyl groups is 2. The summed E-state index contributed by atoms with van der Waals surface area (Å²) in [5.74, 6) is 0. The highest BCUT2D eigenvalue weighted by molar-refractivity contribution is 4.59. The summed E-state index contributed by atoms with van der Waals surface area (Å²) in [5.41, 5.74) is 0. The lowest BCUT2D eigenvalue weighted by Gasteiger charge is -2.19. The highest BCUT2D eigenvalue weighted by atomic mass is 16.5. The second-order valence-corrected chi connectivity index (χ2v) is 3.77. The molecule has 2 N–H and O–H groups in total. The molecular formula is C10H22O4. The van der Waals surface area contributed by atoms with Crippen molar-refractivity contribution in [3.05, 3.63) is 0 Å². The largest absolute Gasteiger partial charge is 0.391 e. The Morgan fingerprint density at radius 2 is 1.50 bits per heavy atom. The van der Waals surface area contributed by atoms with Crippen molar-refractivity contribution in [1.82, 2.24) is 0 Å². The van der Waals surface area contributed by atoms with Crippen molar-refractivity contribution < 1.29 is 19.7 Å². The molecular weight excluding hydrogens is 184 g/mol. The predicted molar refractivity (Wildman–Crippen MR) is 54.2 cm³/mol. The number of ether oxygens (including phenoxy) is 2.